The molecule has 0 spiro atoms. The summed E-state index contributed by atoms with van der Waals surface area (Å²) in [6.45, 7) is 0. The molecule has 2 aromatic rings. The summed E-state index contributed by atoms with van der Waals surface area (Å²) in [4.78, 5) is 15.3. The lowest BCUT2D eigenvalue weighted by Gasteiger charge is -2.08. The van der Waals surface area contributed by atoms with Crippen LogP contribution in [0, 0.1) is 0 Å². The van der Waals surface area contributed by atoms with Gasteiger partial charge in [-0.25, -0.2) is 0 Å². The zero-order valence-electron chi connectivity index (χ0n) is 11.0. The van der Waals surface area contributed by atoms with E-state index in [-0.39, 0.29) is 5.96 Å². The number of amides is 1. The van der Waals surface area contributed by atoms with Gasteiger partial charge in [0.05, 0.1) is 7.11 Å². The average molecular weight is 269 g/mol. The first-order valence-corrected chi connectivity index (χ1v) is 5.99. The molecule has 4 N–H and O–H groups in total. The lowest BCUT2D eigenvalue weighted by molar-refractivity contribution is 0.100. The second-order valence-electron chi connectivity index (χ2n) is 4.12. The van der Waals surface area contributed by atoms with E-state index in [0.29, 0.717) is 5.56 Å². The largest absolute Gasteiger partial charge is 0.496 e. The summed E-state index contributed by atoms with van der Waals surface area (Å²) < 4.78 is 5.31. The molecule has 102 valence electrons. The number of hydrogen-bond donors (Lipinski definition) is 2. The highest BCUT2D eigenvalue weighted by atomic mass is 16.5. The number of ether oxygens (including phenoxy) is 1. The Labute approximate surface area is 116 Å². The highest BCUT2D eigenvalue weighted by molar-refractivity contribution is 6.02. The summed E-state index contributed by atoms with van der Waals surface area (Å²) >= 11 is 0. The number of methoxy groups -OCH3 is 1. The van der Waals surface area contributed by atoms with Crippen LogP contribution in [0.4, 0.5) is 0 Å². The number of carbonyl (C=O) groups excluding carboxylic acids is 1. The summed E-state index contributed by atoms with van der Waals surface area (Å²) in [5, 5.41) is 0. The molecule has 0 aromatic heterocycles. The molecule has 5 heteroatoms. The maximum atomic E-state index is 11.8. The van der Waals surface area contributed by atoms with E-state index in [2.05, 4.69) is 4.99 Å². The van der Waals surface area contributed by atoms with E-state index in [1.54, 1.807) is 25.3 Å². The van der Waals surface area contributed by atoms with Gasteiger partial charge in [0.15, 0.2) is 5.96 Å². The maximum Gasteiger partial charge on any atom is 0.280 e. The van der Waals surface area contributed by atoms with E-state index < -0.39 is 5.91 Å². The van der Waals surface area contributed by atoms with Gasteiger partial charge in [-0.1, -0.05) is 30.3 Å². The summed E-state index contributed by atoms with van der Waals surface area (Å²) in [6.07, 6.45) is 0. The zero-order valence-corrected chi connectivity index (χ0v) is 11.0. The summed E-state index contributed by atoms with van der Waals surface area (Å²) in [6, 6.07) is 14.6. The Morgan fingerprint density at radius 2 is 1.85 bits per heavy atom. The molecule has 0 aliphatic heterocycles. The quantitative estimate of drug-likeness (QED) is 0.656. The molecular formula is C15H15N3O2. The van der Waals surface area contributed by atoms with Crippen molar-refractivity contribution in [1.29, 1.82) is 0 Å². The normalized spacial score (nSPS) is 9.85. The summed E-state index contributed by atoms with van der Waals surface area (Å²) in [5.41, 5.74) is 12.6. The molecule has 0 aliphatic carbocycles. The van der Waals surface area contributed by atoms with Crippen LogP contribution in [0.15, 0.2) is 53.5 Å². The van der Waals surface area contributed by atoms with Crippen LogP contribution in [0.1, 0.15) is 10.4 Å². The second kappa shape index (κ2) is 5.88. The van der Waals surface area contributed by atoms with Gasteiger partial charge in [-0.15, -0.1) is 0 Å². The monoisotopic (exact) mass is 269 g/mol. The van der Waals surface area contributed by atoms with Crippen LogP contribution in [0.25, 0.3) is 11.1 Å². The third kappa shape index (κ3) is 2.95. The number of nitrogens with zero attached hydrogens (tertiary/aromatic N) is 1. The number of aliphatic imine (C=N–C) groups is 1. The summed E-state index contributed by atoms with van der Waals surface area (Å²) in [5.74, 6) is 0.0124. The van der Waals surface area contributed by atoms with Crippen molar-refractivity contribution in [2.75, 3.05) is 7.11 Å². The van der Waals surface area contributed by atoms with Gasteiger partial charge in [-0.05, 0) is 23.8 Å². The maximum absolute atomic E-state index is 11.8. The van der Waals surface area contributed by atoms with E-state index in [1.165, 1.54) is 0 Å². The number of carbonyl (C=O) groups is 1. The van der Waals surface area contributed by atoms with Crippen LogP contribution in [-0.4, -0.2) is 19.0 Å². The predicted octanol–water partition coefficient (Wildman–Crippen LogP) is 1.78. The van der Waals surface area contributed by atoms with Crippen molar-refractivity contribution in [3.63, 3.8) is 0 Å². The lowest BCUT2D eigenvalue weighted by Crippen LogP contribution is -2.24. The predicted molar refractivity (Wildman–Crippen MR) is 78.6 cm³/mol. The number of guanidine groups is 1. The molecule has 5 nitrogen and oxygen atoms in total. The molecule has 0 saturated heterocycles. The van der Waals surface area contributed by atoms with Crippen molar-refractivity contribution < 1.29 is 9.53 Å². The van der Waals surface area contributed by atoms with Crippen LogP contribution < -0.4 is 16.2 Å². The van der Waals surface area contributed by atoms with Gasteiger partial charge in [0.25, 0.3) is 5.91 Å². The van der Waals surface area contributed by atoms with Gasteiger partial charge >= 0.3 is 0 Å². The Morgan fingerprint density at radius 3 is 2.55 bits per heavy atom. The Bertz CT molecular complexity index is 662. The third-order valence-corrected chi connectivity index (χ3v) is 2.76. The lowest BCUT2D eigenvalue weighted by atomic mass is 10.0. The van der Waals surface area contributed by atoms with Gasteiger partial charge in [0.1, 0.15) is 5.75 Å². The Balaban J connectivity index is 2.45. The van der Waals surface area contributed by atoms with Crippen molar-refractivity contribution in [3.05, 3.63) is 54.1 Å². The molecule has 1 amide bonds. The van der Waals surface area contributed by atoms with Crippen molar-refractivity contribution in [1.82, 2.24) is 0 Å². The number of rotatable bonds is 3. The minimum atomic E-state index is -0.471. The van der Waals surface area contributed by atoms with Crippen molar-refractivity contribution in [3.8, 4) is 16.9 Å². The Kier molecular flexibility index (Phi) is 4.00. The Hall–Kier alpha value is -2.82. The summed E-state index contributed by atoms with van der Waals surface area (Å²) in [7, 11) is 1.60. The fraction of sp³-hybridized carbons (Fsp3) is 0.0667. The number of hydrogen-bond acceptors (Lipinski definition) is 2. The minimum absolute atomic E-state index is 0.252. The smallest absolute Gasteiger partial charge is 0.280 e. The van der Waals surface area contributed by atoms with E-state index in [4.69, 9.17) is 16.2 Å². The van der Waals surface area contributed by atoms with Gasteiger partial charge in [-0.3, -0.25) is 4.79 Å². The SMILES string of the molecule is COc1ccccc1-c1cccc(C(=O)N=C(N)N)c1. The molecule has 0 aliphatic rings. The van der Waals surface area contributed by atoms with Crippen LogP contribution in [-0.2, 0) is 0 Å². The van der Waals surface area contributed by atoms with E-state index in [9.17, 15) is 4.79 Å². The van der Waals surface area contributed by atoms with Crippen molar-refractivity contribution in [2.45, 2.75) is 0 Å². The van der Waals surface area contributed by atoms with Gasteiger partial charge in [0, 0.05) is 11.1 Å². The molecule has 0 unspecified atom stereocenters. The molecule has 0 saturated carbocycles. The average Bonchev–Trinajstić information content (AvgIpc) is 2.46. The van der Waals surface area contributed by atoms with Gasteiger partial charge in [0.2, 0.25) is 0 Å². The highest BCUT2D eigenvalue weighted by Crippen LogP contribution is 2.29. The Morgan fingerprint density at radius 1 is 1.10 bits per heavy atom. The highest BCUT2D eigenvalue weighted by Gasteiger charge is 2.09. The second-order valence-corrected chi connectivity index (χ2v) is 4.12. The zero-order chi connectivity index (χ0) is 14.5. The third-order valence-electron chi connectivity index (χ3n) is 2.76. The molecular weight excluding hydrogens is 254 g/mol. The molecule has 2 rings (SSSR count). The van der Waals surface area contributed by atoms with Crippen LogP contribution in [0.2, 0.25) is 0 Å². The van der Waals surface area contributed by atoms with Crippen molar-refractivity contribution >= 4 is 11.9 Å². The van der Waals surface area contributed by atoms with Crippen molar-refractivity contribution in [2.24, 2.45) is 16.5 Å². The molecule has 2 aromatic carbocycles. The number of para-hydroxylation sites is 1. The topological polar surface area (TPSA) is 90.7 Å². The van der Waals surface area contributed by atoms with Crippen LogP contribution >= 0.6 is 0 Å². The minimum Gasteiger partial charge on any atom is -0.496 e. The molecule has 0 radical (unpaired) electrons. The van der Waals surface area contributed by atoms with E-state index >= 15 is 0 Å². The first-order chi connectivity index (χ1) is 9.61. The first kappa shape index (κ1) is 13.6. The first-order valence-electron chi connectivity index (χ1n) is 5.99. The molecule has 0 fully saturated rings. The standard InChI is InChI=1S/C15H15N3O2/c1-20-13-8-3-2-7-12(13)10-5-4-6-11(9-10)14(19)18-15(16)17/h2-9H,1H3,(H4,16,17,18,19). The fourth-order valence-corrected chi connectivity index (χ4v) is 1.88. The van der Waals surface area contributed by atoms with E-state index in [1.807, 2.05) is 30.3 Å². The van der Waals surface area contributed by atoms with E-state index in [0.717, 1.165) is 16.9 Å². The fourth-order valence-electron chi connectivity index (χ4n) is 1.88. The molecule has 0 heterocycles. The molecule has 0 bridgehead atoms. The number of benzene rings is 2. The van der Waals surface area contributed by atoms with Gasteiger partial charge < -0.3 is 16.2 Å². The molecule has 20 heavy (non-hydrogen) atoms. The van der Waals surface area contributed by atoms with Crippen LogP contribution in [0.5, 0.6) is 5.75 Å². The molecule has 0 atom stereocenters. The number of nitrogens with two attached hydrogens (primary N) is 2. The van der Waals surface area contributed by atoms with Crippen LogP contribution in [0.3, 0.4) is 0 Å². The van der Waals surface area contributed by atoms with Gasteiger partial charge in [-0.2, -0.15) is 4.99 Å².